The average Bonchev–Trinajstić information content (AvgIpc) is 3.16. The van der Waals surface area contributed by atoms with E-state index in [-0.39, 0.29) is 17.2 Å². The van der Waals surface area contributed by atoms with Crippen LogP contribution in [0.1, 0.15) is 19.3 Å². The summed E-state index contributed by atoms with van der Waals surface area (Å²) in [7, 11) is 1.18. The van der Waals surface area contributed by atoms with Crippen molar-refractivity contribution in [2.75, 3.05) is 18.7 Å². The van der Waals surface area contributed by atoms with Crippen molar-refractivity contribution in [3.63, 3.8) is 0 Å². The van der Waals surface area contributed by atoms with Gasteiger partial charge in [-0.2, -0.15) is 4.39 Å². The quantitative estimate of drug-likeness (QED) is 0.333. The van der Waals surface area contributed by atoms with Crippen LogP contribution >= 0.6 is 11.8 Å². The zero-order valence-corrected chi connectivity index (χ0v) is 17.9. The average molecular weight is 448 g/mol. The minimum Gasteiger partial charge on any atom is -0.490 e. The van der Waals surface area contributed by atoms with Crippen molar-refractivity contribution in [1.82, 2.24) is 0 Å². The minimum atomic E-state index is -1.22. The molecule has 2 aromatic carbocycles. The van der Waals surface area contributed by atoms with Crippen LogP contribution in [0.3, 0.4) is 0 Å². The van der Waals surface area contributed by atoms with Gasteiger partial charge in [0, 0.05) is 16.3 Å². The zero-order valence-electron chi connectivity index (χ0n) is 17.1. The minimum absolute atomic E-state index is 0.0522. The normalized spacial score (nSPS) is 14.3. The van der Waals surface area contributed by atoms with Crippen molar-refractivity contribution in [1.29, 1.82) is 0 Å². The van der Waals surface area contributed by atoms with Gasteiger partial charge in [-0.15, -0.1) is 11.8 Å². The molecule has 5 N–H and O–H groups in total. The van der Waals surface area contributed by atoms with E-state index in [9.17, 15) is 13.6 Å². The monoisotopic (exact) mass is 447 g/mol. The number of carbonyl (C=O) groups excluding carboxylic acids is 1. The Kier molecular flexibility index (Phi) is 7.06. The molecule has 0 saturated heterocycles. The molecule has 1 aliphatic rings. The first-order chi connectivity index (χ1) is 14.8. The van der Waals surface area contributed by atoms with E-state index in [4.69, 9.17) is 20.9 Å². The summed E-state index contributed by atoms with van der Waals surface area (Å²) in [5.74, 6) is -3.73. The van der Waals surface area contributed by atoms with Gasteiger partial charge < -0.3 is 26.3 Å². The molecule has 1 amide bonds. The van der Waals surface area contributed by atoms with E-state index >= 15 is 0 Å². The highest BCUT2D eigenvalue weighted by molar-refractivity contribution is 7.98. The van der Waals surface area contributed by atoms with Crippen molar-refractivity contribution in [2.45, 2.75) is 24.2 Å². The fraction of sp³-hybridized carbons (Fsp3) is 0.227. The number of rotatable bonds is 7. The third-order valence-corrected chi connectivity index (χ3v) is 5.53. The predicted octanol–water partition coefficient (Wildman–Crippen LogP) is 4.28. The van der Waals surface area contributed by atoms with Gasteiger partial charge in [-0.3, -0.25) is 4.79 Å². The summed E-state index contributed by atoms with van der Waals surface area (Å²) in [5.41, 5.74) is 14.0. The molecular weight excluding hydrogens is 424 g/mol. The molecule has 31 heavy (non-hydrogen) atoms. The molecule has 6 nitrogen and oxygen atoms in total. The van der Waals surface area contributed by atoms with Gasteiger partial charge in [0.1, 0.15) is 5.57 Å². The number of nitrogens with one attached hydrogen (secondary N) is 1. The second kappa shape index (κ2) is 9.74. The highest BCUT2D eigenvalue weighted by atomic mass is 32.2. The van der Waals surface area contributed by atoms with Gasteiger partial charge in [0.25, 0.3) is 5.91 Å². The summed E-state index contributed by atoms with van der Waals surface area (Å²) in [4.78, 5) is 14.1. The number of thioether (sulfide) groups is 1. The van der Waals surface area contributed by atoms with Gasteiger partial charge in [-0.05, 0) is 61.4 Å². The molecule has 3 rings (SSSR count). The highest BCUT2D eigenvalue weighted by Crippen LogP contribution is 2.35. The van der Waals surface area contributed by atoms with E-state index < -0.39 is 23.3 Å². The number of hydrogen-bond acceptors (Lipinski definition) is 6. The maximum absolute atomic E-state index is 14.0. The first-order valence-electron chi connectivity index (χ1n) is 9.48. The number of hydrogen-bond donors (Lipinski definition) is 3. The van der Waals surface area contributed by atoms with Crippen molar-refractivity contribution in [3.8, 4) is 11.5 Å². The number of benzene rings is 2. The van der Waals surface area contributed by atoms with Gasteiger partial charge in [0.15, 0.2) is 11.6 Å². The summed E-state index contributed by atoms with van der Waals surface area (Å²) in [6.07, 6.45) is 3.85. The van der Waals surface area contributed by atoms with E-state index in [1.807, 2.05) is 24.5 Å². The molecule has 0 fully saturated rings. The Bertz CT molecular complexity index is 1070. The van der Waals surface area contributed by atoms with Gasteiger partial charge in [-0.1, -0.05) is 6.07 Å². The molecule has 0 bridgehead atoms. The van der Waals surface area contributed by atoms with Crippen molar-refractivity contribution in [2.24, 2.45) is 11.5 Å². The molecular formula is C22H23F2N3O3S. The zero-order chi connectivity index (χ0) is 22.5. The number of carbonyl (C=O) groups is 1. The molecule has 0 atom stereocenters. The Morgan fingerprint density at radius 1 is 1.19 bits per heavy atom. The lowest BCUT2D eigenvalue weighted by atomic mass is 10.0. The lowest BCUT2D eigenvalue weighted by Crippen LogP contribution is -2.23. The molecule has 0 heterocycles. The fourth-order valence-corrected chi connectivity index (χ4v) is 3.76. The number of nitrogens with two attached hydrogens (primary N) is 2. The summed E-state index contributed by atoms with van der Waals surface area (Å²) < 4.78 is 38.1. The van der Waals surface area contributed by atoms with Crippen LogP contribution in [0.4, 0.5) is 14.5 Å². The molecule has 0 saturated carbocycles. The van der Waals surface area contributed by atoms with E-state index in [1.54, 1.807) is 6.07 Å². The second-order valence-electron chi connectivity index (χ2n) is 6.78. The standard InChI is InChI=1S/C22H23F2N3O3S/c1-29-20-17(10-9-15(23)19(20)24)30-21(26)18(14-7-4-8-16(14)25)22(28)27-12-5-3-6-13(11-12)31-2/h3,5-6,9-11H,4,7-8,25-26H2,1-2H3,(H,27,28)/b21-18-. The van der Waals surface area contributed by atoms with Crippen LogP contribution in [0.5, 0.6) is 11.5 Å². The molecule has 0 radical (unpaired) electrons. The summed E-state index contributed by atoms with van der Waals surface area (Å²) in [6.45, 7) is 0. The molecule has 164 valence electrons. The van der Waals surface area contributed by atoms with Crippen LogP contribution in [0.25, 0.3) is 0 Å². The van der Waals surface area contributed by atoms with E-state index in [0.29, 0.717) is 29.8 Å². The maximum atomic E-state index is 14.0. The third-order valence-electron chi connectivity index (χ3n) is 4.80. The highest BCUT2D eigenvalue weighted by Gasteiger charge is 2.27. The summed E-state index contributed by atoms with van der Waals surface area (Å²) in [6, 6.07) is 9.37. The molecule has 2 aromatic rings. The number of ether oxygens (including phenoxy) is 2. The van der Waals surface area contributed by atoms with Crippen LogP contribution in [-0.2, 0) is 4.79 Å². The lowest BCUT2D eigenvalue weighted by molar-refractivity contribution is -0.112. The van der Waals surface area contributed by atoms with Crippen molar-refractivity contribution >= 4 is 23.4 Å². The van der Waals surface area contributed by atoms with Gasteiger partial charge in [0.05, 0.1) is 7.11 Å². The molecule has 9 heteroatoms. The van der Waals surface area contributed by atoms with E-state index in [1.165, 1.54) is 24.9 Å². The number of anilines is 1. The fourth-order valence-electron chi connectivity index (χ4n) is 3.30. The predicted molar refractivity (Wildman–Crippen MR) is 117 cm³/mol. The maximum Gasteiger partial charge on any atom is 0.261 e. The van der Waals surface area contributed by atoms with E-state index in [0.717, 1.165) is 17.4 Å². The number of methoxy groups -OCH3 is 1. The number of allylic oxidation sites excluding steroid dienone is 1. The van der Waals surface area contributed by atoms with Crippen molar-refractivity contribution in [3.05, 3.63) is 70.8 Å². The van der Waals surface area contributed by atoms with Gasteiger partial charge in [0.2, 0.25) is 17.4 Å². The summed E-state index contributed by atoms with van der Waals surface area (Å²) in [5, 5.41) is 2.80. The molecule has 0 unspecified atom stereocenters. The second-order valence-corrected chi connectivity index (χ2v) is 7.66. The van der Waals surface area contributed by atoms with E-state index in [2.05, 4.69) is 5.32 Å². The van der Waals surface area contributed by atoms with Gasteiger partial charge in [-0.25, -0.2) is 4.39 Å². The van der Waals surface area contributed by atoms with Crippen LogP contribution in [0.15, 0.2) is 64.0 Å². The first-order valence-corrected chi connectivity index (χ1v) is 10.7. The molecule has 1 aliphatic carbocycles. The Hall–Kier alpha value is -3.20. The molecule has 0 spiro atoms. The summed E-state index contributed by atoms with van der Waals surface area (Å²) >= 11 is 1.54. The molecule has 0 aliphatic heterocycles. The van der Waals surface area contributed by atoms with Crippen LogP contribution in [-0.4, -0.2) is 19.3 Å². The van der Waals surface area contributed by atoms with Crippen molar-refractivity contribution < 1.29 is 23.0 Å². The Morgan fingerprint density at radius 2 is 1.97 bits per heavy atom. The SMILES string of the molecule is COc1c(O/C(N)=C(\C(=O)Nc2cccc(SC)c2)C2=C(N)CCC2)ccc(F)c1F. The lowest BCUT2D eigenvalue weighted by Gasteiger charge is -2.17. The third kappa shape index (κ3) is 4.93. The Labute approximate surface area is 183 Å². The number of amides is 1. The Morgan fingerprint density at radius 3 is 2.61 bits per heavy atom. The Balaban J connectivity index is 2.00. The largest absolute Gasteiger partial charge is 0.490 e. The van der Waals surface area contributed by atoms with Crippen LogP contribution in [0.2, 0.25) is 0 Å². The first kappa shape index (κ1) is 22.5. The van der Waals surface area contributed by atoms with Crippen LogP contribution in [0, 0.1) is 11.6 Å². The number of halogens is 2. The topological polar surface area (TPSA) is 99.6 Å². The van der Waals surface area contributed by atoms with Crippen LogP contribution < -0.4 is 26.3 Å². The smallest absolute Gasteiger partial charge is 0.261 e. The molecule has 0 aromatic heterocycles. The van der Waals surface area contributed by atoms with Gasteiger partial charge >= 0.3 is 0 Å².